The minimum absolute atomic E-state index is 0.224. The molecule has 2 N–H and O–H groups in total. The molecule has 0 aliphatic carbocycles. The minimum atomic E-state index is -0.618. The number of carbonyl (C=O) groups is 2. The van der Waals surface area contributed by atoms with E-state index in [2.05, 4.69) is 15.6 Å². The number of aliphatic imine (C=N–C) groups is 1. The SMILES string of the molecule is O=C1NC(=NC2CCCSC2)NC1=O. The maximum absolute atomic E-state index is 10.8. The lowest BCUT2D eigenvalue weighted by atomic mass is 10.2. The van der Waals surface area contributed by atoms with Crippen molar-refractivity contribution < 1.29 is 9.59 Å². The lowest BCUT2D eigenvalue weighted by Crippen LogP contribution is -2.29. The van der Waals surface area contributed by atoms with Crippen molar-refractivity contribution in [2.45, 2.75) is 18.9 Å². The second-order valence-electron chi connectivity index (χ2n) is 3.26. The fraction of sp³-hybridized carbons (Fsp3) is 0.625. The predicted molar refractivity (Wildman–Crippen MR) is 54.1 cm³/mol. The van der Waals surface area contributed by atoms with Gasteiger partial charge in [0.25, 0.3) is 0 Å². The summed E-state index contributed by atoms with van der Waals surface area (Å²) >= 11 is 1.86. The van der Waals surface area contributed by atoms with Crippen LogP contribution in [0, 0.1) is 0 Å². The molecule has 2 amide bonds. The number of guanidine groups is 1. The van der Waals surface area contributed by atoms with Crippen molar-refractivity contribution in [3.05, 3.63) is 0 Å². The first-order chi connectivity index (χ1) is 6.75. The van der Waals surface area contributed by atoms with Crippen molar-refractivity contribution in [2.24, 2.45) is 4.99 Å². The Bertz CT molecular complexity index is 279. The van der Waals surface area contributed by atoms with E-state index < -0.39 is 11.8 Å². The first-order valence-corrected chi connectivity index (χ1v) is 5.69. The fourth-order valence-electron chi connectivity index (χ4n) is 1.43. The zero-order chi connectivity index (χ0) is 9.97. The van der Waals surface area contributed by atoms with Gasteiger partial charge in [0.2, 0.25) is 5.96 Å². The van der Waals surface area contributed by atoms with Gasteiger partial charge in [-0.3, -0.25) is 20.2 Å². The molecule has 2 aliphatic heterocycles. The van der Waals surface area contributed by atoms with Gasteiger partial charge in [-0.25, -0.2) is 4.99 Å². The molecule has 5 nitrogen and oxygen atoms in total. The van der Waals surface area contributed by atoms with E-state index >= 15 is 0 Å². The number of nitrogens with one attached hydrogen (secondary N) is 2. The molecule has 2 saturated heterocycles. The Balaban J connectivity index is 1.97. The molecule has 76 valence electrons. The van der Waals surface area contributed by atoms with E-state index in [-0.39, 0.29) is 6.04 Å². The average molecular weight is 213 g/mol. The molecular weight excluding hydrogens is 202 g/mol. The molecule has 2 rings (SSSR count). The van der Waals surface area contributed by atoms with Gasteiger partial charge < -0.3 is 0 Å². The average Bonchev–Trinajstić information content (AvgIpc) is 2.47. The van der Waals surface area contributed by atoms with E-state index in [9.17, 15) is 9.59 Å². The zero-order valence-corrected chi connectivity index (χ0v) is 8.39. The highest BCUT2D eigenvalue weighted by molar-refractivity contribution is 7.99. The third-order valence-electron chi connectivity index (χ3n) is 2.12. The van der Waals surface area contributed by atoms with Crippen LogP contribution in [0.1, 0.15) is 12.8 Å². The van der Waals surface area contributed by atoms with Crippen LogP contribution < -0.4 is 10.6 Å². The number of hydrogen-bond acceptors (Lipinski definition) is 4. The van der Waals surface area contributed by atoms with Crippen molar-refractivity contribution in [1.29, 1.82) is 0 Å². The van der Waals surface area contributed by atoms with Crippen LogP contribution in [0.2, 0.25) is 0 Å². The molecule has 0 bridgehead atoms. The molecule has 6 heteroatoms. The van der Waals surface area contributed by atoms with E-state index in [4.69, 9.17) is 0 Å². The molecule has 1 unspecified atom stereocenters. The summed E-state index contributed by atoms with van der Waals surface area (Å²) in [5.74, 6) is 1.22. The second-order valence-corrected chi connectivity index (χ2v) is 4.41. The van der Waals surface area contributed by atoms with Gasteiger partial charge in [-0.05, 0) is 18.6 Å². The number of thioether (sulfide) groups is 1. The largest absolute Gasteiger partial charge is 0.316 e. The topological polar surface area (TPSA) is 70.6 Å². The van der Waals surface area contributed by atoms with Gasteiger partial charge in [0.05, 0.1) is 6.04 Å². The Morgan fingerprint density at radius 2 is 2.00 bits per heavy atom. The Morgan fingerprint density at radius 3 is 2.57 bits per heavy atom. The van der Waals surface area contributed by atoms with Crippen LogP contribution in [0.25, 0.3) is 0 Å². The summed E-state index contributed by atoms with van der Waals surface area (Å²) in [6, 6.07) is 0.224. The van der Waals surface area contributed by atoms with Gasteiger partial charge in [0, 0.05) is 5.75 Å². The van der Waals surface area contributed by atoms with Crippen LogP contribution in [-0.4, -0.2) is 35.3 Å². The summed E-state index contributed by atoms with van der Waals surface area (Å²) in [6.07, 6.45) is 2.18. The lowest BCUT2D eigenvalue weighted by molar-refractivity contribution is -0.135. The molecule has 2 heterocycles. The minimum Gasteiger partial charge on any atom is -0.288 e. The number of nitrogens with zero attached hydrogens (tertiary/aromatic N) is 1. The number of rotatable bonds is 1. The summed E-state index contributed by atoms with van der Waals surface area (Å²) < 4.78 is 0. The van der Waals surface area contributed by atoms with Gasteiger partial charge in [0.15, 0.2) is 0 Å². The summed E-state index contributed by atoms with van der Waals surface area (Å²) in [4.78, 5) is 25.9. The standard InChI is InChI=1S/C8H11N3O2S/c12-6-7(13)11-8(10-6)9-5-2-1-3-14-4-5/h5H,1-4H2,(H2,9,10,11,12,13). The highest BCUT2D eigenvalue weighted by Gasteiger charge is 2.26. The second kappa shape index (κ2) is 4.00. The molecule has 1 atom stereocenters. The van der Waals surface area contributed by atoms with E-state index in [1.54, 1.807) is 0 Å². The lowest BCUT2D eigenvalue weighted by Gasteiger charge is -2.17. The molecule has 2 fully saturated rings. The normalized spacial score (nSPS) is 27.1. The van der Waals surface area contributed by atoms with Crippen LogP contribution in [0.5, 0.6) is 0 Å². The monoisotopic (exact) mass is 213 g/mol. The number of carbonyl (C=O) groups excluding carboxylic acids is 2. The van der Waals surface area contributed by atoms with Crippen LogP contribution in [0.15, 0.2) is 4.99 Å². The van der Waals surface area contributed by atoms with Crippen LogP contribution in [0.4, 0.5) is 0 Å². The highest BCUT2D eigenvalue weighted by Crippen LogP contribution is 2.19. The fourth-order valence-corrected chi connectivity index (χ4v) is 2.48. The Hall–Kier alpha value is -1.04. The summed E-state index contributed by atoms with van der Waals surface area (Å²) in [5.41, 5.74) is 0. The molecule has 14 heavy (non-hydrogen) atoms. The maximum atomic E-state index is 10.8. The smallest absolute Gasteiger partial charge is 0.288 e. The number of hydrogen-bond donors (Lipinski definition) is 2. The van der Waals surface area contributed by atoms with E-state index in [0.717, 1.165) is 18.6 Å². The zero-order valence-electron chi connectivity index (χ0n) is 7.58. The van der Waals surface area contributed by atoms with Gasteiger partial charge in [-0.2, -0.15) is 11.8 Å². The Labute approximate surface area is 85.7 Å². The van der Waals surface area contributed by atoms with Crippen molar-refractivity contribution in [2.75, 3.05) is 11.5 Å². The molecule has 2 aliphatic rings. The van der Waals surface area contributed by atoms with Crippen molar-refractivity contribution in [3.63, 3.8) is 0 Å². The van der Waals surface area contributed by atoms with Crippen molar-refractivity contribution in [1.82, 2.24) is 10.6 Å². The van der Waals surface area contributed by atoms with Gasteiger partial charge in [0.1, 0.15) is 0 Å². The van der Waals surface area contributed by atoms with Gasteiger partial charge in [-0.15, -0.1) is 0 Å². The molecule has 0 aromatic heterocycles. The van der Waals surface area contributed by atoms with Crippen LogP contribution in [-0.2, 0) is 9.59 Å². The molecule has 0 spiro atoms. The molecule has 0 aromatic rings. The van der Waals surface area contributed by atoms with E-state index in [1.807, 2.05) is 11.8 Å². The van der Waals surface area contributed by atoms with E-state index in [0.29, 0.717) is 5.96 Å². The third-order valence-corrected chi connectivity index (χ3v) is 3.32. The van der Waals surface area contributed by atoms with Gasteiger partial charge in [-0.1, -0.05) is 0 Å². The quantitative estimate of drug-likeness (QED) is 0.576. The van der Waals surface area contributed by atoms with Crippen molar-refractivity contribution >= 4 is 29.5 Å². The first-order valence-electron chi connectivity index (χ1n) is 4.53. The highest BCUT2D eigenvalue weighted by atomic mass is 32.2. The van der Waals surface area contributed by atoms with Crippen LogP contribution >= 0.6 is 11.8 Å². The van der Waals surface area contributed by atoms with Gasteiger partial charge >= 0.3 is 11.8 Å². The Morgan fingerprint density at radius 1 is 1.29 bits per heavy atom. The maximum Gasteiger partial charge on any atom is 0.316 e. The predicted octanol–water partition coefficient (Wildman–Crippen LogP) is -0.516. The molecule has 0 radical (unpaired) electrons. The van der Waals surface area contributed by atoms with Crippen LogP contribution in [0.3, 0.4) is 0 Å². The molecule has 0 saturated carbocycles. The molecular formula is C8H11N3O2S. The summed E-state index contributed by atoms with van der Waals surface area (Å²) in [5, 5.41) is 4.78. The summed E-state index contributed by atoms with van der Waals surface area (Å²) in [6.45, 7) is 0. The Kier molecular flexibility index (Phi) is 2.72. The third kappa shape index (κ3) is 2.06. The van der Waals surface area contributed by atoms with Crippen molar-refractivity contribution in [3.8, 4) is 0 Å². The molecule has 0 aromatic carbocycles. The first kappa shape index (κ1) is 9.51. The van der Waals surface area contributed by atoms with E-state index in [1.165, 1.54) is 5.75 Å². The summed E-state index contributed by atoms with van der Waals surface area (Å²) in [7, 11) is 0. The number of amides is 2.